The first-order valence-electron chi connectivity index (χ1n) is 6.03. The molecule has 0 aliphatic heterocycles. The Hall–Kier alpha value is -1.06. The van der Waals surface area contributed by atoms with Gasteiger partial charge in [-0.15, -0.1) is 0 Å². The lowest BCUT2D eigenvalue weighted by Crippen LogP contribution is -2.52. The first kappa shape index (κ1) is 13.0. The maximum Gasteiger partial charge on any atom is 0.329 e. The molecule has 0 spiro atoms. The number of carbonyl (C=O) groups excluding carboxylic acids is 1. The van der Waals surface area contributed by atoms with Gasteiger partial charge in [-0.25, -0.2) is 4.79 Å². The van der Waals surface area contributed by atoms with Gasteiger partial charge in [0.2, 0.25) is 6.41 Å². The standard InChI is InChI=1S/C12H21NO3/c1-3-4-5-8-12(2,11(15)16)13(9-14)10-6-7-10/h9-10H,3-8H2,1-2H3,(H,15,16). The molecule has 0 radical (unpaired) electrons. The largest absolute Gasteiger partial charge is 0.480 e. The predicted molar refractivity (Wildman–Crippen MR) is 61.1 cm³/mol. The number of carboxylic acid groups (broad SMARTS) is 1. The molecule has 1 saturated carbocycles. The summed E-state index contributed by atoms with van der Waals surface area (Å²) in [6.07, 6.45) is 6.06. The van der Waals surface area contributed by atoms with Crippen LogP contribution in [-0.2, 0) is 9.59 Å². The van der Waals surface area contributed by atoms with E-state index < -0.39 is 11.5 Å². The van der Waals surface area contributed by atoms with Gasteiger partial charge in [0, 0.05) is 6.04 Å². The third kappa shape index (κ3) is 2.74. The minimum Gasteiger partial charge on any atom is -0.480 e. The van der Waals surface area contributed by atoms with E-state index in [1.807, 2.05) is 0 Å². The zero-order valence-corrected chi connectivity index (χ0v) is 10.1. The molecule has 1 aliphatic carbocycles. The molecule has 4 nitrogen and oxygen atoms in total. The van der Waals surface area contributed by atoms with E-state index >= 15 is 0 Å². The van der Waals surface area contributed by atoms with Crippen molar-refractivity contribution in [3.63, 3.8) is 0 Å². The summed E-state index contributed by atoms with van der Waals surface area (Å²) < 4.78 is 0. The minimum absolute atomic E-state index is 0.153. The van der Waals surface area contributed by atoms with Crippen LogP contribution in [0.3, 0.4) is 0 Å². The normalized spacial score (nSPS) is 18.9. The highest BCUT2D eigenvalue weighted by Crippen LogP contribution is 2.34. The third-order valence-corrected chi connectivity index (χ3v) is 3.35. The van der Waals surface area contributed by atoms with Crippen molar-refractivity contribution in [2.45, 2.75) is 64.0 Å². The summed E-state index contributed by atoms with van der Waals surface area (Å²) >= 11 is 0. The predicted octanol–water partition coefficient (Wildman–Crippen LogP) is 2.03. The number of rotatable bonds is 8. The van der Waals surface area contributed by atoms with Gasteiger partial charge in [-0.3, -0.25) is 4.79 Å². The molecule has 0 aromatic rings. The van der Waals surface area contributed by atoms with Crippen molar-refractivity contribution in [3.05, 3.63) is 0 Å². The number of hydrogen-bond donors (Lipinski definition) is 1. The van der Waals surface area contributed by atoms with Crippen LogP contribution in [0.2, 0.25) is 0 Å². The first-order chi connectivity index (χ1) is 7.56. The molecule has 0 bridgehead atoms. The van der Waals surface area contributed by atoms with E-state index in [2.05, 4.69) is 6.92 Å². The summed E-state index contributed by atoms with van der Waals surface area (Å²) in [5.41, 5.74) is -1.02. The second kappa shape index (κ2) is 5.32. The molecule has 0 heterocycles. The molecule has 4 heteroatoms. The van der Waals surface area contributed by atoms with Gasteiger partial charge in [0.25, 0.3) is 0 Å². The summed E-state index contributed by atoms with van der Waals surface area (Å²) in [4.78, 5) is 23.9. The number of unbranched alkanes of at least 4 members (excludes halogenated alkanes) is 2. The van der Waals surface area contributed by atoms with Gasteiger partial charge < -0.3 is 10.0 Å². The zero-order chi connectivity index (χ0) is 12.2. The fourth-order valence-corrected chi connectivity index (χ4v) is 2.02. The lowest BCUT2D eigenvalue weighted by molar-refractivity contribution is -0.155. The molecule has 1 fully saturated rings. The van der Waals surface area contributed by atoms with E-state index in [1.165, 1.54) is 4.90 Å². The van der Waals surface area contributed by atoms with Gasteiger partial charge in [0.1, 0.15) is 5.54 Å². The van der Waals surface area contributed by atoms with Crippen molar-refractivity contribution >= 4 is 12.4 Å². The molecule has 1 N–H and O–H groups in total. The summed E-state index contributed by atoms with van der Waals surface area (Å²) in [7, 11) is 0. The van der Waals surface area contributed by atoms with Gasteiger partial charge in [-0.2, -0.15) is 0 Å². The lowest BCUT2D eigenvalue weighted by Gasteiger charge is -2.35. The Morgan fingerprint density at radius 1 is 1.50 bits per heavy atom. The third-order valence-electron chi connectivity index (χ3n) is 3.35. The second-order valence-corrected chi connectivity index (χ2v) is 4.78. The SMILES string of the molecule is CCCCCC(C)(C(=O)O)N(C=O)C1CC1. The molecule has 1 unspecified atom stereocenters. The van der Waals surface area contributed by atoms with Crippen LogP contribution in [0.15, 0.2) is 0 Å². The van der Waals surface area contributed by atoms with Gasteiger partial charge in [0.15, 0.2) is 0 Å². The van der Waals surface area contributed by atoms with E-state index in [9.17, 15) is 14.7 Å². The maximum atomic E-state index is 11.3. The summed E-state index contributed by atoms with van der Waals surface area (Å²) in [5.74, 6) is -0.886. The van der Waals surface area contributed by atoms with Crippen molar-refractivity contribution < 1.29 is 14.7 Å². The van der Waals surface area contributed by atoms with Gasteiger partial charge >= 0.3 is 5.97 Å². The van der Waals surface area contributed by atoms with Crippen LogP contribution in [-0.4, -0.2) is 34.0 Å². The number of amides is 1. The molecule has 92 valence electrons. The monoisotopic (exact) mass is 227 g/mol. The Kier molecular flexibility index (Phi) is 4.33. The molecular weight excluding hydrogens is 206 g/mol. The van der Waals surface area contributed by atoms with Crippen LogP contribution < -0.4 is 0 Å². The van der Waals surface area contributed by atoms with Crippen molar-refractivity contribution in [1.29, 1.82) is 0 Å². The van der Waals surface area contributed by atoms with Crippen LogP contribution >= 0.6 is 0 Å². The fourth-order valence-electron chi connectivity index (χ4n) is 2.02. The molecule has 1 atom stereocenters. The number of carbonyl (C=O) groups is 2. The summed E-state index contributed by atoms with van der Waals surface area (Å²) in [6, 6.07) is 0.153. The van der Waals surface area contributed by atoms with E-state index in [1.54, 1.807) is 6.92 Å². The van der Waals surface area contributed by atoms with E-state index in [4.69, 9.17) is 0 Å². The summed E-state index contributed by atoms with van der Waals surface area (Å²) in [6.45, 7) is 3.74. The number of aliphatic carboxylic acids is 1. The van der Waals surface area contributed by atoms with Crippen LogP contribution in [0.4, 0.5) is 0 Å². The minimum atomic E-state index is -1.02. The average Bonchev–Trinajstić information content (AvgIpc) is 3.03. The Balaban J connectivity index is 2.68. The van der Waals surface area contributed by atoms with Gasteiger partial charge in [-0.05, 0) is 26.2 Å². The van der Waals surface area contributed by atoms with Gasteiger partial charge in [-0.1, -0.05) is 26.2 Å². The van der Waals surface area contributed by atoms with Crippen molar-refractivity contribution in [2.75, 3.05) is 0 Å². The highest BCUT2D eigenvalue weighted by atomic mass is 16.4. The molecule has 1 amide bonds. The van der Waals surface area contributed by atoms with Gasteiger partial charge in [0.05, 0.1) is 0 Å². The Morgan fingerprint density at radius 2 is 2.12 bits per heavy atom. The lowest BCUT2D eigenvalue weighted by atomic mass is 9.92. The molecule has 16 heavy (non-hydrogen) atoms. The quantitative estimate of drug-likeness (QED) is 0.510. The molecule has 0 aromatic carbocycles. The highest BCUT2D eigenvalue weighted by molar-refractivity contribution is 5.81. The van der Waals surface area contributed by atoms with Crippen LogP contribution in [0.1, 0.15) is 52.4 Å². The Labute approximate surface area is 96.6 Å². The Morgan fingerprint density at radius 3 is 2.50 bits per heavy atom. The van der Waals surface area contributed by atoms with Crippen LogP contribution in [0.25, 0.3) is 0 Å². The van der Waals surface area contributed by atoms with E-state index in [-0.39, 0.29) is 6.04 Å². The van der Waals surface area contributed by atoms with Crippen molar-refractivity contribution in [2.24, 2.45) is 0 Å². The van der Waals surface area contributed by atoms with E-state index in [0.717, 1.165) is 32.1 Å². The molecule has 0 aromatic heterocycles. The van der Waals surface area contributed by atoms with Crippen LogP contribution in [0, 0.1) is 0 Å². The Bertz CT molecular complexity index is 263. The first-order valence-corrected chi connectivity index (χ1v) is 6.03. The fraction of sp³-hybridized carbons (Fsp3) is 0.833. The summed E-state index contributed by atoms with van der Waals surface area (Å²) in [5, 5.41) is 9.31. The van der Waals surface area contributed by atoms with Crippen molar-refractivity contribution in [1.82, 2.24) is 4.90 Å². The number of carboxylic acids is 1. The smallest absolute Gasteiger partial charge is 0.329 e. The maximum absolute atomic E-state index is 11.3. The topological polar surface area (TPSA) is 57.6 Å². The second-order valence-electron chi connectivity index (χ2n) is 4.78. The van der Waals surface area contributed by atoms with Crippen LogP contribution in [0.5, 0.6) is 0 Å². The van der Waals surface area contributed by atoms with E-state index in [0.29, 0.717) is 12.8 Å². The molecule has 1 rings (SSSR count). The zero-order valence-electron chi connectivity index (χ0n) is 10.1. The molecule has 0 saturated heterocycles. The number of nitrogens with zero attached hydrogens (tertiary/aromatic N) is 1. The molecule has 1 aliphatic rings. The van der Waals surface area contributed by atoms with Crippen molar-refractivity contribution in [3.8, 4) is 0 Å². The average molecular weight is 227 g/mol. The molecular formula is C12H21NO3. The number of hydrogen-bond acceptors (Lipinski definition) is 2. The highest BCUT2D eigenvalue weighted by Gasteiger charge is 2.45.